The average molecular weight is 269 g/mol. The summed E-state index contributed by atoms with van der Waals surface area (Å²) in [5, 5.41) is 9.18. The maximum atomic E-state index is 12.4. The topological polar surface area (TPSA) is 57.6 Å². The van der Waals surface area contributed by atoms with Gasteiger partial charge in [-0.1, -0.05) is 13.8 Å². The van der Waals surface area contributed by atoms with Crippen LogP contribution in [0.2, 0.25) is 0 Å². The highest BCUT2D eigenvalue weighted by Gasteiger charge is 2.38. The molecule has 1 aliphatic rings. The lowest BCUT2D eigenvalue weighted by atomic mass is 9.76. The van der Waals surface area contributed by atoms with Gasteiger partial charge >= 0.3 is 5.97 Å². The Morgan fingerprint density at radius 3 is 2.00 bits per heavy atom. The first-order chi connectivity index (χ1) is 8.67. The van der Waals surface area contributed by atoms with Crippen molar-refractivity contribution >= 4 is 11.9 Å². The summed E-state index contributed by atoms with van der Waals surface area (Å²) in [6, 6.07) is 0. The monoisotopic (exact) mass is 269 g/mol. The molecular formula is C15H27NO3. The summed E-state index contributed by atoms with van der Waals surface area (Å²) in [6.07, 6.45) is 3.94. The van der Waals surface area contributed by atoms with E-state index in [0.29, 0.717) is 11.8 Å². The number of aliphatic carboxylic acids is 1. The van der Waals surface area contributed by atoms with Crippen molar-refractivity contribution in [3.63, 3.8) is 0 Å². The van der Waals surface area contributed by atoms with E-state index in [1.165, 1.54) is 4.90 Å². The number of carboxylic acids is 1. The van der Waals surface area contributed by atoms with Crippen molar-refractivity contribution in [3.8, 4) is 0 Å². The van der Waals surface area contributed by atoms with Crippen LogP contribution in [0, 0.1) is 17.8 Å². The minimum Gasteiger partial charge on any atom is -0.480 e. The van der Waals surface area contributed by atoms with Crippen LogP contribution in [-0.4, -0.2) is 34.5 Å². The minimum atomic E-state index is -1.13. The molecule has 0 saturated heterocycles. The van der Waals surface area contributed by atoms with Gasteiger partial charge in [-0.3, -0.25) is 4.79 Å². The number of hydrogen-bond acceptors (Lipinski definition) is 2. The predicted molar refractivity (Wildman–Crippen MR) is 74.8 cm³/mol. The molecule has 0 aromatic carbocycles. The number of likely N-dealkylation sites (N-methyl/N-ethyl adjacent to an activating group) is 1. The Morgan fingerprint density at radius 2 is 1.63 bits per heavy atom. The molecule has 4 nitrogen and oxygen atoms in total. The molecular weight excluding hydrogens is 242 g/mol. The summed E-state index contributed by atoms with van der Waals surface area (Å²) in [5.74, 6) is 0.401. The van der Waals surface area contributed by atoms with Crippen LogP contribution >= 0.6 is 0 Å². The number of amides is 1. The lowest BCUT2D eigenvalue weighted by molar-refractivity contribution is -0.157. The Labute approximate surface area is 116 Å². The Morgan fingerprint density at radius 1 is 1.16 bits per heavy atom. The number of carbonyl (C=O) groups is 2. The first-order valence-corrected chi connectivity index (χ1v) is 7.19. The molecule has 0 spiro atoms. The molecule has 0 aliphatic heterocycles. The molecule has 1 amide bonds. The van der Waals surface area contributed by atoms with Crippen LogP contribution < -0.4 is 0 Å². The van der Waals surface area contributed by atoms with Crippen LogP contribution in [0.25, 0.3) is 0 Å². The highest BCUT2D eigenvalue weighted by Crippen LogP contribution is 2.34. The fourth-order valence-electron chi connectivity index (χ4n) is 2.73. The Hall–Kier alpha value is -1.06. The van der Waals surface area contributed by atoms with Gasteiger partial charge in [0.1, 0.15) is 5.54 Å². The van der Waals surface area contributed by atoms with Crippen molar-refractivity contribution in [1.29, 1.82) is 0 Å². The molecule has 0 radical (unpaired) electrons. The van der Waals surface area contributed by atoms with Crippen LogP contribution in [-0.2, 0) is 9.59 Å². The number of nitrogens with zero attached hydrogens (tertiary/aromatic N) is 1. The SMILES string of the molecule is CC(C)C1CCC(C(=O)N(C)C(C)(C)C(=O)O)CC1. The highest BCUT2D eigenvalue weighted by atomic mass is 16.4. The van der Waals surface area contributed by atoms with Crippen LogP contribution in [0.1, 0.15) is 53.4 Å². The van der Waals surface area contributed by atoms with Crippen molar-refractivity contribution in [2.75, 3.05) is 7.05 Å². The molecule has 110 valence electrons. The number of hydrogen-bond donors (Lipinski definition) is 1. The molecule has 1 saturated carbocycles. The van der Waals surface area contributed by atoms with Gasteiger partial charge in [0, 0.05) is 13.0 Å². The van der Waals surface area contributed by atoms with Crippen LogP contribution in [0.15, 0.2) is 0 Å². The number of carboxylic acid groups (broad SMARTS) is 1. The van der Waals surface area contributed by atoms with E-state index < -0.39 is 11.5 Å². The van der Waals surface area contributed by atoms with E-state index in [0.717, 1.165) is 25.7 Å². The summed E-state index contributed by atoms with van der Waals surface area (Å²) in [4.78, 5) is 25.0. The van der Waals surface area contributed by atoms with Crippen LogP contribution in [0.3, 0.4) is 0 Å². The van der Waals surface area contributed by atoms with Gasteiger partial charge in [0.25, 0.3) is 0 Å². The fourth-order valence-corrected chi connectivity index (χ4v) is 2.73. The zero-order valence-corrected chi connectivity index (χ0v) is 12.8. The van der Waals surface area contributed by atoms with Gasteiger partial charge in [-0.25, -0.2) is 4.79 Å². The van der Waals surface area contributed by atoms with Gasteiger partial charge in [0.15, 0.2) is 0 Å². The molecule has 1 N–H and O–H groups in total. The molecule has 0 aromatic rings. The van der Waals surface area contributed by atoms with E-state index in [2.05, 4.69) is 13.8 Å². The number of carbonyl (C=O) groups excluding carboxylic acids is 1. The van der Waals surface area contributed by atoms with Crippen molar-refractivity contribution in [2.45, 2.75) is 58.9 Å². The molecule has 1 aliphatic carbocycles. The van der Waals surface area contributed by atoms with E-state index in [-0.39, 0.29) is 11.8 Å². The van der Waals surface area contributed by atoms with Crippen molar-refractivity contribution in [1.82, 2.24) is 4.90 Å². The Bertz CT molecular complexity index is 341. The maximum Gasteiger partial charge on any atom is 0.329 e. The zero-order valence-electron chi connectivity index (χ0n) is 12.8. The van der Waals surface area contributed by atoms with Gasteiger partial charge < -0.3 is 10.0 Å². The van der Waals surface area contributed by atoms with Crippen molar-refractivity contribution < 1.29 is 14.7 Å². The molecule has 0 bridgehead atoms. The molecule has 0 atom stereocenters. The second kappa shape index (κ2) is 5.93. The summed E-state index contributed by atoms with van der Waals surface area (Å²) < 4.78 is 0. The van der Waals surface area contributed by atoms with E-state index >= 15 is 0 Å². The highest BCUT2D eigenvalue weighted by molar-refractivity contribution is 5.87. The van der Waals surface area contributed by atoms with Gasteiger partial charge in [-0.2, -0.15) is 0 Å². The molecule has 1 rings (SSSR count). The van der Waals surface area contributed by atoms with Gasteiger partial charge in [0.05, 0.1) is 0 Å². The molecule has 0 heterocycles. The fraction of sp³-hybridized carbons (Fsp3) is 0.867. The molecule has 0 aromatic heterocycles. The third kappa shape index (κ3) is 3.48. The van der Waals surface area contributed by atoms with E-state index in [4.69, 9.17) is 0 Å². The third-order valence-electron chi connectivity index (χ3n) is 4.76. The average Bonchev–Trinajstić information content (AvgIpc) is 2.36. The summed E-state index contributed by atoms with van der Waals surface area (Å²) in [5.41, 5.74) is -1.13. The lowest BCUT2D eigenvalue weighted by Gasteiger charge is -2.37. The second-order valence-electron chi connectivity index (χ2n) is 6.62. The quantitative estimate of drug-likeness (QED) is 0.853. The summed E-state index contributed by atoms with van der Waals surface area (Å²) >= 11 is 0. The van der Waals surface area contributed by atoms with Gasteiger partial charge in [-0.05, 0) is 51.4 Å². The first kappa shape index (κ1) is 16.0. The normalized spacial score (nSPS) is 24.3. The van der Waals surface area contributed by atoms with Crippen molar-refractivity contribution in [2.24, 2.45) is 17.8 Å². The molecule has 19 heavy (non-hydrogen) atoms. The second-order valence-corrected chi connectivity index (χ2v) is 6.62. The summed E-state index contributed by atoms with van der Waals surface area (Å²) in [7, 11) is 1.60. The lowest BCUT2D eigenvalue weighted by Crippen LogP contribution is -2.52. The maximum absolute atomic E-state index is 12.4. The first-order valence-electron chi connectivity index (χ1n) is 7.19. The molecule has 0 unspecified atom stereocenters. The Balaban J connectivity index is 2.63. The minimum absolute atomic E-state index is 0.00127. The van der Waals surface area contributed by atoms with Crippen LogP contribution in [0.5, 0.6) is 0 Å². The third-order valence-corrected chi connectivity index (χ3v) is 4.76. The van der Waals surface area contributed by atoms with E-state index in [1.807, 2.05) is 0 Å². The smallest absolute Gasteiger partial charge is 0.329 e. The largest absolute Gasteiger partial charge is 0.480 e. The zero-order chi connectivity index (χ0) is 14.8. The predicted octanol–water partition coefficient (Wildman–Crippen LogP) is 2.77. The van der Waals surface area contributed by atoms with E-state index in [9.17, 15) is 14.7 Å². The molecule has 1 fully saturated rings. The Kier molecular flexibility index (Phi) is 4.99. The number of rotatable bonds is 4. The van der Waals surface area contributed by atoms with Crippen LogP contribution in [0.4, 0.5) is 0 Å². The van der Waals surface area contributed by atoms with Gasteiger partial charge in [-0.15, -0.1) is 0 Å². The standard InChI is InChI=1S/C15H27NO3/c1-10(2)11-6-8-12(9-7-11)13(17)16(5)15(3,4)14(18)19/h10-12H,6-9H2,1-5H3,(H,18,19). The van der Waals surface area contributed by atoms with Gasteiger partial charge in [0.2, 0.25) is 5.91 Å². The summed E-state index contributed by atoms with van der Waals surface area (Å²) in [6.45, 7) is 7.61. The van der Waals surface area contributed by atoms with E-state index in [1.54, 1.807) is 20.9 Å². The van der Waals surface area contributed by atoms with Crippen molar-refractivity contribution in [3.05, 3.63) is 0 Å². The molecule has 4 heteroatoms.